The first kappa shape index (κ1) is 12.2. The number of Topliss-reactive ketones (excluding diaryl/α,β-unsaturated/α-hetero) is 1. The number of carbonyl (C=O) groups is 1. The summed E-state index contributed by atoms with van der Waals surface area (Å²) in [6.45, 7) is 4.36. The van der Waals surface area contributed by atoms with Crippen LogP contribution in [0.5, 0.6) is 5.75 Å². The lowest BCUT2D eigenvalue weighted by atomic mass is 10.1. The Bertz CT molecular complexity index is 347. The standard InChI is InChI=1S/C12H15BrO2/c1-3-4-8-15-11-7-5-6-10(9(2)14)12(11)13/h5-7H,3-4,8H2,1-2H3. The van der Waals surface area contributed by atoms with Gasteiger partial charge in [0.2, 0.25) is 0 Å². The highest BCUT2D eigenvalue weighted by molar-refractivity contribution is 9.10. The lowest BCUT2D eigenvalue weighted by molar-refractivity contribution is 0.101. The summed E-state index contributed by atoms with van der Waals surface area (Å²) >= 11 is 3.39. The SMILES string of the molecule is CCCCOc1cccc(C(C)=O)c1Br. The number of unbranched alkanes of at least 4 members (excludes halogenated alkanes) is 1. The number of rotatable bonds is 5. The molecular weight excluding hydrogens is 256 g/mol. The van der Waals surface area contributed by atoms with Crippen molar-refractivity contribution in [2.24, 2.45) is 0 Å². The number of benzene rings is 1. The van der Waals surface area contributed by atoms with E-state index in [2.05, 4.69) is 22.9 Å². The van der Waals surface area contributed by atoms with Crippen LogP contribution in [0.2, 0.25) is 0 Å². The highest BCUT2D eigenvalue weighted by atomic mass is 79.9. The van der Waals surface area contributed by atoms with E-state index < -0.39 is 0 Å². The maximum absolute atomic E-state index is 11.3. The van der Waals surface area contributed by atoms with Crippen LogP contribution in [0.1, 0.15) is 37.0 Å². The zero-order valence-corrected chi connectivity index (χ0v) is 10.6. The highest BCUT2D eigenvalue weighted by Crippen LogP contribution is 2.29. The summed E-state index contributed by atoms with van der Waals surface area (Å²) in [5.41, 5.74) is 0.670. The van der Waals surface area contributed by atoms with Gasteiger partial charge in [0, 0.05) is 5.56 Å². The molecule has 0 aliphatic heterocycles. The quantitative estimate of drug-likeness (QED) is 0.601. The lowest BCUT2D eigenvalue weighted by Gasteiger charge is -2.09. The third kappa shape index (κ3) is 3.34. The van der Waals surface area contributed by atoms with Crippen LogP contribution < -0.4 is 4.74 Å². The summed E-state index contributed by atoms with van der Waals surface area (Å²) in [6, 6.07) is 5.49. The Morgan fingerprint density at radius 1 is 1.47 bits per heavy atom. The average Bonchev–Trinajstić information content (AvgIpc) is 2.20. The average molecular weight is 271 g/mol. The zero-order valence-electron chi connectivity index (χ0n) is 9.05. The van der Waals surface area contributed by atoms with Crippen molar-refractivity contribution >= 4 is 21.7 Å². The molecular formula is C12H15BrO2. The number of halogens is 1. The van der Waals surface area contributed by atoms with E-state index in [1.165, 1.54) is 0 Å². The summed E-state index contributed by atoms with van der Waals surface area (Å²) in [5.74, 6) is 0.791. The van der Waals surface area contributed by atoms with E-state index in [1.54, 1.807) is 13.0 Å². The molecule has 0 fully saturated rings. The maximum atomic E-state index is 11.3. The summed E-state index contributed by atoms with van der Waals surface area (Å²) in [7, 11) is 0. The van der Waals surface area contributed by atoms with Gasteiger partial charge in [-0.1, -0.05) is 25.5 Å². The van der Waals surface area contributed by atoms with Crippen LogP contribution in [0, 0.1) is 0 Å². The van der Waals surface area contributed by atoms with Crippen molar-refractivity contribution in [2.75, 3.05) is 6.61 Å². The molecule has 0 aliphatic rings. The molecule has 0 aromatic heterocycles. The van der Waals surface area contributed by atoms with Gasteiger partial charge in [0.1, 0.15) is 5.75 Å². The molecule has 0 saturated carbocycles. The van der Waals surface area contributed by atoms with Crippen LogP contribution in [0.4, 0.5) is 0 Å². The second-order valence-corrected chi connectivity index (χ2v) is 4.17. The molecule has 0 saturated heterocycles. The largest absolute Gasteiger partial charge is 0.492 e. The third-order valence-corrected chi connectivity index (χ3v) is 2.92. The molecule has 1 aromatic carbocycles. The van der Waals surface area contributed by atoms with Gasteiger partial charge in [0.25, 0.3) is 0 Å². The Labute approximate surface area is 98.8 Å². The van der Waals surface area contributed by atoms with Gasteiger partial charge >= 0.3 is 0 Å². The molecule has 0 atom stereocenters. The Balaban J connectivity index is 2.80. The molecule has 0 unspecified atom stereocenters. The summed E-state index contributed by atoms with van der Waals surface area (Å²) in [6.07, 6.45) is 2.13. The first-order valence-corrected chi connectivity index (χ1v) is 5.88. The van der Waals surface area contributed by atoms with E-state index in [1.807, 2.05) is 12.1 Å². The Morgan fingerprint density at radius 3 is 2.80 bits per heavy atom. The van der Waals surface area contributed by atoms with Crippen molar-refractivity contribution < 1.29 is 9.53 Å². The number of ketones is 1. The second-order valence-electron chi connectivity index (χ2n) is 3.38. The fraction of sp³-hybridized carbons (Fsp3) is 0.417. The second kappa shape index (κ2) is 5.91. The van der Waals surface area contributed by atoms with Crippen LogP contribution in [-0.2, 0) is 0 Å². The van der Waals surface area contributed by atoms with E-state index in [0.29, 0.717) is 12.2 Å². The first-order valence-electron chi connectivity index (χ1n) is 5.09. The van der Waals surface area contributed by atoms with Crippen LogP contribution in [0.25, 0.3) is 0 Å². The molecule has 0 N–H and O–H groups in total. The number of hydrogen-bond donors (Lipinski definition) is 0. The predicted octanol–water partition coefficient (Wildman–Crippen LogP) is 3.83. The zero-order chi connectivity index (χ0) is 11.3. The van der Waals surface area contributed by atoms with E-state index in [0.717, 1.165) is 23.1 Å². The van der Waals surface area contributed by atoms with Gasteiger partial charge in [0.15, 0.2) is 5.78 Å². The van der Waals surface area contributed by atoms with Crippen LogP contribution in [0.15, 0.2) is 22.7 Å². The van der Waals surface area contributed by atoms with Crippen LogP contribution in [0.3, 0.4) is 0 Å². The van der Waals surface area contributed by atoms with Gasteiger partial charge in [-0.2, -0.15) is 0 Å². The molecule has 0 bridgehead atoms. The minimum Gasteiger partial charge on any atom is -0.492 e. The van der Waals surface area contributed by atoms with Gasteiger partial charge in [-0.25, -0.2) is 0 Å². The van der Waals surface area contributed by atoms with Crippen molar-refractivity contribution in [3.63, 3.8) is 0 Å². The topological polar surface area (TPSA) is 26.3 Å². The molecule has 0 spiro atoms. The van der Waals surface area contributed by atoms with Crippen molar-refractivity contribution in [3.8, 4) is 5.75 Å². The molecule has 2 nitrogen and oxygen atoms in total. The van der Waals surface area contributed by atoms with Crippen molar-refractivity contribution in [1.82, 2.24) is 0 Å². The van der Waals surface area contributed by atoms with Crippen molar-refractivity contribution in [3.05, 3.63) is 28.2 Å². The molecule has 0 radical (unpaired) electrons. The number of carbonyl (C=O) groups excluding carboxylic acids is 1. The minimum atomic E-state index is 0.0443. The molecule has 82 valence electrons. The Morgan fingerprint density at radius 2 is 2.20 bits per heavy atom. The van der Waals surface area contributed by atoms with E-state index in [4.69, 9.17) is 4.74 Å². The first-order chi connectivity index (χ1) is 7.16. The molecule has 1 aromatic rings. The van der Waals surface area contributed by atoms with Crippen LogP contribution >= 0.6 is 15.9 Å². The lowest BCUT2D eigenvalue weighted by Crippen LogP contribution is -2.00. The molecule has 1 rings (SSSR count). The van der Waals surface area contributed by atoms with Gasteiger partial charge in [0.05, 0.1) is 11.1 Å². The fourth-order valence-electron chi connectivity index (χ4n) is 1.22. The number of hydrogen-bond acceptors (Lipinski definition) is 2. The van der Waals surface area contributed by atoms with Crippen molar-refractivity contribution in [1.29, 1.82) is 0 Å². The molecule has 0 heterocycles. The molecule has 0 aliphatic carbocycles. The summed E-state index contributed by atoms with van der Waals surface area (Å²) < 4.78 is 6.33. The Hall–Kier alpha value is -0.830. The monoisotopic (exact) mass is 270 g/mol. The Kier molecular flexibility index (Phi) is 4.82. The normalized spacial score (nSPS) is 10.1. The van der Waals surface area contributed by atoms with E-state index in [-0.39, 0.29) is 5.78 Å². The molecule has 3 heteroatoms. The van der Waals surface area contributed by atoms with Gasteiger partial charge in [-0.05, 0) is 35.3 Å². The smallest absolute Gasteiger partial charge is 0.161 e. The van der Waals surface area contributed by atoms with E-state index in [9.17, 15) is 4.79 Å². The predicted molar refractivity (Wildman–Crippen MR) is 64.5 cm³/mol. The van der Waals surface area contributed by atoms with Crippen molar-refractivity contribution in [2.45, 2.75) is 26.7 Å². The minimum absolute atomic E-state index is 0.0443. The van der Waals surface area contributed by atoms with Gasteiger partial charge < -0.3 is 4.74 Å². The summed E-state index contributed by atoms with van der Waals surface area (Å²) in [5, 5.41) is 0. The van der Waals surface area contributed by atoms with E-state index >= 15 is 0 Å². The number of ether oxygens (including phenoxy) is 1. The molecule has 0 amide bonds. The highest BCUT2D eigenvalue weighted by Gasteiger charge is 2.09. The summed E-state index contributed by atoms with van der Waals surface area (Å²) in [4.78, 5) is 11.3. The maximum Gasteiger partial charge on any atom is 0.161 e. The molecule has 15 heavy (non-hydrogen) atoms. The van der Waals surface area contributed by atoms with Crippen LogP contribution in [-0.4, -0.2) is 12.4 Å². The fourth-order valence-corrected chi connectivity index (χ4v) is 1.88. The third-order valence-electron chi connectivity index (χ3n) is 2.10. The van der Waals surface area contributed by atoms with Gasteiger partial charge in [-0.3, -0.25) is 4.79 Å². The van der Waals surface area contributed by atoms with Gasteiger partial charge in [-0.15, -0.1) is 0 Å².